The summed E-state index contributed by atoms with van der Waals surface area (Å²) in [6.07, 6.45) is 2.08. The second kappa shape index (κ2) is 10.2. The minimum absolute atomic E-state index is 0.197. The zero-order valence-corrected chi connectivity index (χ0v) is 16.5. The first-order valence-corrected chi connectivity index (χ1v) is 9.82. The molecule has 2 aromatic carbocycles. The molecule has 29 heavy (non-hydrogen) atoms. The van der Waals surface area contributed by atoms with E-state index in [1.54, 1.807) is 30.3 Å². The average molecular weight is 391 g/mol. The number of unbranched alkanes of at least 4 members (excludes halogenated alkanes) is 1. The van der Waals surface area contributed by atoms with Gasteiger partial charge in [-0.2, -0.15) is 5.10 Å². The molecule has 1 N–H and O–H groups in total. The molecule has 0 unspecified atom stereocenters. The van der Waals surface area contributed by atoms with Crippen molar-refractivity contribution >= 4 is 5.91 Å². The molecule has 3 rings (SSSR count). The number of rotatable bonds is 9. The Morgan fingerprint density at radius 1 is 1.03 bits per heavy atom. The van der Waals surface area contributed by atoms with Gasteiger partial charge in [-0.25, -0.2) is 4.68 Å². The summed E-state index contributed by atoms with van der Waals surface area (Å²) in [6.45, 7) is 3.38. The molecule has 1 heterocycles. The molecule has 0 aliphatic rings. The van der Waals surface area contributed by atoms with Crippen molar-refractivity contribution in [3.8, 4) is 17.0 Å². The van der Waals surface area contributed by atoms with Crippen molar-refractivity contribution in [1.82, 2.24) is 15.1 Å². The second-order valence-corrected chi connectivity index (χ2v) is 6.63. The van der Waals surface area contributed by atoms with E-state index in [1.165, 1.54) is 10.7 Å². The topological polar surface area (TPSA) is 73.2 Å². The fourth-order valence-electron chi connectivity index (χ4n) is 2.79. The number of nitrogens with zero attached hydrogens (tertiary/aromatic N) is 2. The quantitative estimate of drug-likeness (QED) is 0.567. The van der Waals surface area contributed by atoms with Crippen LogP contribution in [0, 0.1) is 0 Å². The van der Waals surface area contributed by atoms with E-state index < -0.39 is 0 Å². The average Bonchev–Trinajstić information content (AvgIpc) is 2.76. The molecule has 0 spiro atoms. The highest BCUT2D eigenvalue weighted by molar-refractivity contribution is 5.94. The molecule has 3 aromatic rings. The van der Waals surface area contributed by atoms with Crippen LogP contribution in [0.3, 0.4) is 0 Å². The fourth-order valence-corrected chi connectivity index (χ4v) is 2.79. The van der Waals surface area contributed by atoms with E-state index in [1.807, 2.05) is 30.3 Å². The monoisotopic (exact) mass is 391 g/mol. The van der Waals surface area contributed by atoms with Gasteiger partial charge in [0.25, 0.3) is 11.5 Å². The third kappa shape index (κ3) is 5.78. The van der Waals surface area contributed by atoms with Crippen LogP contribution in [0.25, 0.3) is 11.3 Å². The molecule has 0 aliphatic heterocycles. The van der Waals surface area contributed by atoms with Crippen molar-refractivity contribution in [2.24, 2.45) is 0 Å². The van der Waals surface area contributed by atoms with Crippen molar-refractivity contribution in [3.05, 3.63) is 82.6 Å². The highest BCUT2D eigenvalue weighted by atomic mass is 16.5. The van der Waals surface area contributed by atoms with E-state index >= 15 is 0 Å². The number of aromatic nitrogens is 2. The molecule has 1 amide bonds. The van der Waals surface area contributed by atoms with Crippen molar-refractivity contribution < 1.29 is 9.53 Å². The first-order chi connectivity index (χ1) is 14.2. The van der Waals surface area contributed by atoms with E-state index in [4.69, 9.17) is 4.74 Å². The Hall–Kier alpha value is -3.41. The largest absolute Gasteiger partial charge is 0.494 e. The number of amides is 1. The zero-order chi connectivity index (χ0) is 20.5. The number of ether oxygens (including phenoxy) is 1. The maximum atomic E-state index is 12.3. The first-order valence-electron chi connectivity index (χ1n) is 9.82. The lowest BCUT2D eigenvalue weighted by atomic mass is 10.1. The van der Waals surface area contributed by atoms with Gasteiger partial charge in [0, 0.05) is 23.7 Å². The third-order valence-electron chi connectivity index (χ3n) is 4.43. The van der Waals surface area contributed by atoms with Gasteiger partial charge in [-0.05, 0) is 36.8 Å². The Morgan fingerprint density at radius 2 is 1.79 bits per heavy atom. The molecule has 0 fully saturated rings. The van der Waals surface area contributed by atoms with Crippen LogP contribution in [0.2, 0.25) is 0 Å². The number of benzene rings is 2. The number of hydrogen-bond donors (Lipinski definition) is 1. The summed E-state index contributed by atoms with van der Waals surface area (Å²) < 4.78 is 6.97. The summed E-state index contributed by atoms with van der Waals surface area (Å²) in [4.78, 5) is 24.4. The molecule has 0 aliphatic carbocycles. The lowest BCUT2D eigenvalue weighted by molar-refractivity contribution is 0.0951. The van der Waals surface area contributed by atoms with Gasteiger partial charge in [-0.3, -0.25) is 9.59 Å². The predicted octanol–water partition coefficient (Wildman–Crippen LogP) is 3.52. The maximum absolute atomic E-state index is 12.3. The van der Waals surface area contributed by atoms with E-state index in [0.29, 0.717) is 25.3 Å². The minimum Gasteiger partial charge on any atom is -0.494 e. The van der Waals surface area contributed by atoms with Crippen molar-refractivity contribution in [2.45, 2.75) is 26.3 Å². The van der Waals surface area contributed by atoms with Crippen LogP contribution in [0.5, 0.6) is 5.75 Å². The fraction of sp³-hybridized carbons (Fsp3) is 0.261. The molecule has 0 radical (unpaired) electrons. The Balaban J connectivity index is 1.55. The van der Waals surface area contributed by atoms with E-state index in [9.17, 15) is 9.59 Å². The number of hydrogen-bond acceptors (Lipinski definition) is 4. The highest BCUT2D eigenvalue weighted by Crippen LogP contribution is 2.14. The van der Waals surface area contributed by atoms with Crippen LogP contribution in [0.1, 0.15) is 30.1 Å². The van der Waals surface area contributed by atoms with Crippen LogP contribution in [0.4, 0.5) is 0 Å². The van der Waals surface area contributed by atoms with Gasteiger partial charge in [0.1, 0.15) is 5.75 Å². The normalized spacial score (nSPS) is 10.5. The van der Waals surface area contributed by atoms with Crippen molar-refractivity contribution in [1.29, 1.82) is 0 Å². The van der Waals surface area contributed by atoms with Crippen LogP contribution < -0.4 is 15.6 Å². The number of nitrogens with one attached hydrogen (secondary N) is 1. The molecular formula is C23H25N3O3. The number of carbonyl (C=O) groups is 1. The first kappa shape index (κ1) is 20.3. The molecule has 6 heteroatoms. The van der Waals surface area contributed by atoms with E-state index in [2.05, 4.69) is 17.3 Å². The minimum atomic E-state index is -0.201. The SMILES string of the molecule is CCCCOc1ccc(C(=O)NCCn2nc(-c3ccccc3)ccc2=O)cc1. The highest BCUT2D eigenvalue weighted by Gasteiger charge is 2.07. The number of carbonyl (C=O) groups excluding carboxylic acids is 1. The Bertz CT molecular complexity index is 982. The summed E-state index contributed by atoms with van der Waals surface area (Å²) in [7, 11) is 0. The summed E-state index contributed by atoms with van der Waals surface area (Å²) in [5.41, 5.74) is 2.00. The maximum Gasteiger partial charge on any atom is 0.266 e. The van der Waals surface area contributed by atoms with Gasteiger partial charge in [0.15, 0.2) is 0 Å². The van der Waals surface area contributed by atoms with Crippen LogP contribution in [0.15, 0.2) is 71.5 Å². The molecule has 0 saturated carbocycles. The second-order valence-electron chi connectivity index (χ2n) is 6.63. The van der Waals surface area contributed by atoms with E-state index in [-0.39, 0.29) is 11.5 Å². The molecule has 1 aromatic heterocycles. The molecule has 150 valence electrons. The summed E-state index contributed by atoms with van der Waals surface area (Å²) in [6, 6.07) is 19.9. The molecule has 0 bridgehead atoms. The molecule has 0 atom stereocenters. The van der Waals surface area contributed by atoms with Crippen molar-refractivity contribution in [3.63, 3.8) is 0 Å². The van der Waals surface area contributed by atoms with Gasteiger partial charge in [0.2, 0.25) is 0 Å². The Kier molecular flexibility index (Phi) is 7.16. The van der Waals surface area contributed by atoms with Crippen LogP contribution in [-0.4, -0.2) is 28.8 Å². The molecule has 0 saturated heterocycles. The standard InChI is InChI=1S/C23H25N3O3/c1-2-3-17-29-20-11-9-19(10-12-20)23(28)24-15-16-26-22(27)14-13-21(25-26)18-7-5-4-6-8-18/h4-14H,2-3,15-17H2,1H3,(H,24,28). The smallest absolute Gasteiger partial charge is 0.266 e. The van der Waals surface area contributed by atoms with Crippen molar-refractivity contribution in [2.75, 3.05) is 13.2 Å². The Labute approximate surface area is 170 Å². The predicted molar refractivity (Wildman–Crippen MR) is 113 cm³/mol. The molecule has 6 nitrogen and oxygen atoms in total. The van der Waals surface area contributed by atoms with Gasteiger partial charge < -0.3 is 10.1 Å². The summed E-state index contributed by atoms with van der Waals surface area (Å²) >= 11 is 0. The molecular weight excluding hydrogens is 366 g/mol. The van der Waals surface area contributed by atoms with Crippen LogP contribution >= 0.6 is 0 Å². The van der Waals surface area contributed by atoms with Gasteiger partial charge >= 0.3 is 0 Å². The van der Waals surface area contributed by atoms with Gasteiger partial charge in [-0.15, -0.1) is 0 Å². The van der Waals surface area contributed by atoms with Gasteiger partial charge in [-0.1, -0.05) is 43.7 Å². The Morgan fingerprint density at radius 3 is 2.52 bits per heavy atom. The lowest BCUT2D eigenvalue weighted by Gasteiger charge is -2.09. The van der Waals surface area contributed by atoms with Crippen LogP contribution in [-0.2, 0) is 6.54 Å². The summed E-state index contributed by atoms with van der Waals surface area (Å²) in [5, 5.41) is 7.22. The lowest BCUT2D eigenvalue weighted by Crippen LogP contribution is -2.31. The third-order valence-corrected chi connectivity index (χ3v) is 4.43. The van der Waals surface area contributed by atoms with Gasteiger partial charge in [0.05, 0.1) is 18.8 Å². The zero-order valence-electron chi connectivity index (χ0n) is 16.5. The summed E-state index contributed by atoms with van der Waals surface area (Å²) in [5.74, 6) is 0.556. The van der Waals surface area contributed by atoms with E-state index in [0.717, 1.165) is 29.8 Å².